The summed E-state index contributed by atoms with van der Waals surface area (Å²) >= 11 is 1.68. The minimum absolute atomic E-state index is 0. The highest BCUT2D eigenvalue weighted by atomic mass is 127. The first-order chi connectivity index (χ1) is 11.7. The summed E-state index contributed by atoms with van der Waals surface area (Å²) in [6, 6.07) is 7.81. The molecule has 0 radical (unpaired) electrons. The molecule has 6 nitrogen and oxygen atoms in total. The molecule has 0 spiro atoms. The predicted octanol–water partition coefficient (Wildman–Crippen LogP) is 3.67. The molecule has 0 saturated heterocycles. The topological polar surface area (TPSA) is 67.8 Å². The quantitative estimate of drug-likeness (QED) is 0.264. The van der Waals surface area contributed by atoms with Crippen molar-refractivity contribution in [2.24, 2.45) is 4.99 Å². The van der Waals surface area contributed by atoms with Gasteiger partial charge in [0.2, 0.25) is 0 Å². The van der Waals surface area contributed by atoms with Gasteiger partial charge in [-0.2, -0.15) is 0 Å². The Balaban J connectivity index is 0.00000312. The van der Waals surface area contributed by atoms with Gasteiger partial charge in [0.25, 0.3) is 0 Å². The number of thiazole rings is 1. The highest BCUT2D eigenvalue weighted by molar-refractivity contribution is 14.0. The summed E-state index contributed by atoms with van der Waals surface area (Å²) in [6.07, 6.45) is 2.74. The molecule has 138 valence electrons. The van der Waals surface area contributed by atoms with Crippen LogP contribution in [0.15, 0.2) is 35.5 Å². The molecule has 1 aromatic carbocycles. The van der Waals surface area contributed by atoms with Crippen molar-refractivity contribution in [2.45, 2.75) is 19.9 Å². The molecule has 25 heavy (non-hydrogen) atoms. The number of hydrogen-bond donors (Lipinski definition) is 2. The number of nitrogens with zero attached hydrogens (tertiary/aromatic N) is 2. The first-order valence-electron chi connectivity index (χ1n) is 7.82. The lowest BCUT2D eigenvalue weighted by Gasteiger charge is -2.12. The normalized spacial score (nSPS) is 10.9. The number of hydrogen-bond acceptors (Lipinski definition) is 5. The minimum Gasteiger partial charge on any atom is -0.493 e. The fraction of sp³-hybridized carbons (Fsp3) is 0.412. The summed E-state index contributed by atoms with van der Waals surface area (Å²) in [5, 5.41) is 7.55. The smallest absolute Gasteiger partial charge is 0.195 e. The van der Waals surface area contributed by atoms with Crippen LogP contribution in [0.3, 0.4) is 0 Å². The zero-order valence-electron chi connectivity index (χ0n) is 14.7. The van der Waals surface area contributed by atoms with Crippen LogP contribution in [0.4, 0.5) is 5.69 Å². The van der Waals surface area contributed by atoms with E-state index < -0.39 is 0 Å². The molecule has 0 atom stereocenters. The number of anilines is 1. The molecule has 0 saturated carbocycles. The van der Waals surface area contributed by atoms with Crippen LogP contribution in [-0.4, -0.2) is 38.3 Å². The molecule has 1 aromatic heterocycles. The molecule has 0 bridgehead atoms. The van der Waals surface area contributed by atoms with Crippen LogP contribution in [0.2, 0.25) is 0 Å². The van der Waals surface area contributed by atoms with E-state index in [9.17, 15) is 0 Å². The SMILES string of the molecule is CN=C(NCc1ncc(C)s1)Nc1cccc(OCCCOC)c1.I. The molecule has 2 rings (SSSR count). The van der Waals surface area contributed by atoms with E-state index in [1.54, 1.807) is 25.5 Å². The third-order valence-electron chi connectivity index (χ3n) is 3.16. The Morgan fingerprint density at radius 2 is 2.16 bits per heavy atom. The third kappa shape index (κ3) is 8.02. The van der Waals surface area contributed by atoms with Crippen LogP contribution in [0.5, 0.6) is 5.75 Å². The number of methoxy groups -OCH3 is 1. The molecule has 0 aliphatic rings. The number of nitrogens with one attached hydrogen (secondary N) is 2. The molecule has 0 fully saturated rings. The molecule has 0 amide bonds. The summed E-state index contributed by atoms with van der Waals surface area (Å²) < 4.78 is 10.7. The second-order valence-electron chi connectivity index (χ2n) is 5.14. The first kappa shape index (κ1) is 21.7. The van der Waals surface area contributed by atoms with E-state index in [1.165, 1.54) is 4.88 Å². The van der Waals surface area contributed by atoms with E-state index in [2.05, 4.69) is 20.6 Å². The van der Waals surface area contributed by atoms with E-state index in [0.29, 0.717) is 25.7 Å². The van der Waals surface area contributed by atoms with E-state index in [4.69, 9.17) is 9.47 Å². The lowest BCUT2D eigenvalue weighted by Crippen LogP contribution is -2.30. The van der Waals surface area contributed by atoms with Crippen LogP contribution < -0.4 is 15.4 Å². The van der Waals surface area contributed by atoms with E-state index in [1.807, 2.05) is 37.4 Å². The number of aliphatic imine (C=N–C) groups is 1. The van der Waals surface area contributed by atoms with Crippen molar-refractivity contribution in [1.29, 1.82) is 0 Å². The molecule has 0 aliphatic heterocycles. The maximum Gasteiger partial charge on any atom is 0.195 e. The van der Waals surface area contributed by atoms with Gasteiger partial charge >= 0.3 is 0 Å². The number of benzene rings is 1. The summed E-state index contributed by atoms with van der Waals surface area (Å²) in [5.74, 6) is 1.52. The summed E-state index contributed by atoms with van der Waals surface area (Å²) in [5.41, 5.74) is 0.919. The molecule has 8 heteroatoms. The number of halogens is 1. The van der Waals surface area contributed by atoms with Gasteiger partial charge in [0.1, 0.15) is 10.8 Å². The fourth-order valence-corrected chi connectivity index (χ4v) is 2.74. The van der Waals surface area contributed by atoms with Crippen molar-refractivity contribution >= 4 is 47.0 Å². The fourth-order valence-electron chi connectivity index (χ4n) is 2.02. The van der Waals surface area contributed by atoms with Gasteiger partial charge in [-0.3, -0.25) is 4.99 Å². The Hall–Kier alpha value is -1.39. The Morgan fingerprint density at radius 1 is 1.32 bits per heavy atom. The van der Waals surface area contributed by atoms with Gasteiger partial charge < -0.3 is 20.1 Å². The highest BCUT2D eigenvalue weighted by Crippen LogP contribution is 2.17. The number of aromatic nitrogens is 1. The Bertz CT molecular complexity index is 664. The molecule has 2 N–H and O–H groups in total. The predicted molar refractivity (Wildman–Crippen MR) is 115 cm³/mol. The van der Waals surface area contributed by atoms with Gasteiger partial charge in [0.05, 0.1) is 13.2 Å². The van der Waals surface area contributed by atoms with Crippen LogP contribution in [0.25, 0.3) is 0 Å². The zero-order chi connectivity index (χ0) is 17.2. The number of rotatable bonds is 8. The van der Waals surface area contributed by atoms with E-state index in [0.717, 1.165) is 22.9 Å². The molecule has 2 aromatic rings. The van der Waals surface area contributed by atoms with Crippen molar-refractivity contribution < 1.29 is 9.47 Å². The van der Waals surface area contributed by atoms with Gasteiger partial charge in [-0.1, -0.05) is 6.07 Å². The van der Waals surface area contributed by atoms with Crippen molar-refractivity contribution in [3.8, 4) is 5.75 Å². The van der Waals surface area contributed by atoms with Crippen molar-refractivity contribution in [3.05, 3.63) is 40.3 Å². The molecule has 0 unspecified atom stereocenters. The van der Waals surface area contributed by atoms with Crippen molar-refractivity contribution in [2.75, 3.05) is 32.7 Å². The Labute approximate surface area is 170 Å². The second-order valence-corrected chi connectivity index (χ2v) is 6.46. The summed E-state index contributed by atoms with van der Waals surface area (Å²) in [7, 11) is 3.43. The second kappa shape index (κ2) is 12.0. The van der Waals surface area contributed by atoms with Crippen LogP contribution in [0, 0.1) is 6.92 Å². The summed E-state index contributed by atoms with van der Waals surface area (Å²) in [4.78, 5) is 9.77. The van der Waals surface area contributed by atoms with E-state index in [-0.39, 0.29) is 24.0 Å². The van der Waals surface area contributed by atoms with Crippen LogP contribution >= 0.6 is 35.3 Å². The van der Waals surface area contributed by atoms with Crippen molar-refractivity contribution in [3.63, 3.8) is 0 Å². The first-order valence-corrected chi connectivity index (χ1v) is 8.63. The Morgan fingerprint density at radius 3 is 2.84 bits per heavy atom. The highest BCUT2D eigenvalue weighted by Gasteiger charge is 2.03. The van der Waals surface area contributed by atoms with Crippen LogP contribution in [-0.2, 0) is 11.3 Å². The van der Waals surface area contributed by atoms with Gasteiger partial charge in [-0.05, 0) is 19.1 Å². The average molecular weight is 476 g/mol. The Kier molecular flexibility index (Phi) is 10.4. The number of ether oxygens (including phenoxy) is 2. The monoisotopic (exact) mass is 476 g/mol. The molecular weight excluding hydrogens is 451 g/mol. The van der Waals surface area contributed by atoms with Crippen molar-refractivity contribution in [1.82, 2.24) is 10.3 Å². The summed E-state index contributed by atoms with van der Waals surface area (Å²) in [6.45, 7) is 4.02. The van der Waals surface area contributed by atoms with Gasteiger partial charge in [0.15, 0.2) is 5.96 Å². The number of aryl methyl sites for hydroxylation is 1. The largest absolute Gasteiger partial charge is 0.493 e. The van der Waals surface area contributed by atoms with Gasteiger partial charge in [0, 0.05) is 50.0 Å². The van der Waals surface area contributed by atoms with Gasteiger partial charge in [-0.25, -0.2) is 4.98 Å². The lowest BCUT2D eigenvalue weighted by molar-refractivity contribution is 0.172. The van der Waals surface area contributed by atoms with Gasteiger partial charge in [-0.15, -0.1) is 35.3 Å². The maximum absolute atomic E-state index is 5.71. The zero-order valence-corrected chi connectivity index (χ0v) is 17.9. The van der Waals surface area contributed by atoms with Crippen LogP contribution in [0.1, 0.15) is 16.3 Å². The third-order valence-corrected chi connectivity index (χ3v) is 4.07. The lowest BCUT2D eigenvalue weighted by atomic mass is 10.3. The molecular formula is C17H25IN4O2S. The number of guanidine groups is 1. The standard InChI is InChI=1S/C17H24N4O2S.HI/c1-13-11-19-16(24-13)12-20-17(18-2)21-14-6-4-7-15(10-14)23-9-5-8-22-3;/h4,6-7,10-11H,5,8-9,12H2,1-3H3,(H2,18,20,21);1H. The average Bonchev–Trinajstić information content (AvgIpc) is 3.01. The minimum atomic E-state index is 0. The maximum atomic E-state index is 5.71. The van der Waals surface area contributed by atoms with E-state index >= 15 is 0 Å². The molecule has 1 heterocycles. The molecule has 0 aliphatic carbocycles.